The quantitative estimate of drug-likeness (QED) is 0.436. The Hall–Kier alpha value is -4.11. The van der Waals surface area contributed by atoms with Crippen LogP contribution < -0.4 is 21.5 Å². The summed E-state index contributed by atoms with van der Waals surface area (Å²) >= 11 is 0. The minimum Gasteiger partial charge on any atom is -0.484 e. The summed E-state index contributed by atoms with van der Waals surface area (Å²) in [4.78, 5) is 26.7. The van der Waals surface area contributed by atoms with Crippen LogP contribution in [0.5, 0.6) is 5.75 Å². The minimum atomic E-state index is -0.0954. The fourth-order valence-corrected chi connectivity index (χ4v) is 4.44. The van der Waals surface area contributed by atoms with Gasteiger partial charge in [0.15, 0.2) is 6.61 Å². The molecule has 0 radical (unpaired) electrons. The van der Waals surface area contributed by atoms with Gasteiger partial charge < -0.3 is 26.4 Å². The van der Waals surface area contributed by atoms with Gasteiger partial charge in [-0.15, -0.1) is 0 Å². The van der Waals surface area contributed by atoms with Crippen LogP contribution in [-0.4, -0.2) is 58.3 Å². The topological polar surface area (TPSA) is 128 Å². The van der Waals surface area contributed by atoms with Crippen LogP contribution in [0.3, 0.4) is 0 Å². The van der Waals surface area contributed by atoms with E-state index in [0.717, 1.165) is 36.1 Å². The van der Waals surface area contributed by atoms with Gasteiger partial charge in [-0.2, -0.15) is 5.10 Å². The molecule has 9 nitrogen and oxygen atoms in total. The maximum absolute atomic E-state index is 12.6. The molecule has 5 N–H and O–H groups in total. The number of aryl methyl sites for hydroxylation is 1. The second kappa shape index (κ2) is 10.1. The lowest BCUT2D eigenvalue weighted by Gasteiger charge is -2.16. The maximum Gasteiger partial charge on any atom is 0.260 e. The zero-order valence-electron chi connectivity index (χ0n) is 20.9. The van der Waals surface area contributed by atoms with Gasteiger partial charge in [0.2, 0.25) is 0 Å². The number of nitrogens with two attached hydrogens (primary N) is 2. The molecule has 192 valence electrons. The second-order valence-corrected chi connectivity index (χ2v) is 9.79. The van der Waals surface area contributed by atoms with Crippen LogP contribution in [-0.2, 0) is 4.79 Å². The van der Waals surface area contributed by atoms with E-state index in [2.05, 4.69) is 17.0 Å². The first-order valence-electron chi connectivity index (χ1n) is 12.5. The molecule has 1 saturated heterocycles. The Labute approximate surface area is 216 Å². The van der Waals surface area contributed by atoms with E-state index in [4.69, 9.17) is 16.2 Å². The standard InChI is InChI=1S/C28H32N6O3/c1-17-6-7-20(28(36)32-22-8-9-22)13-25(17)34-27(30)24(14-31-34)18(2)19-4-3-5-23(12-19)37-16-26(35)33-11-10-21(29)15-33/h3-7,12-14,21-22H,2,8-11,15-16,29-30H2,1H3,(H,32,36). The lowest BCUT2D eigenvalue weighted by Crippen LogP contribution is -2.35. The summed E-state index contributed by atoms with van der Waals surface area (Å²) < 4.78 is 7.40. The molecule has 1 aromatic heterocycles. The van der Waals surface area contributed by atoms with E-state index in [1.165, 1.54) is 0 Å². The number of ether oxygens (including phenoxy) is 1. The number of aromatic nitrogens is 2. The lowest BCUT2D eigenvalue weighted by molar-refractivity contribution is -0.132. The molecular formula is C28H32N6O3. The summed E-state index contributed by atoms with van der Waals surface area (Å²) in [6.07, 6.45) is 4.53. The van der Waals surface area contributed by atoms with E-state index >= 15 is 0 Å². The van der Waals surface area contributed by atoms with Gasteiger partial charge in [0.25, 0.3) is 11.8 Å². The van der Waals surface area contributed by atoms with Crippen molar-refractivity contribution in [2.24, 2.45) is 5.73 Å². The van der Waals surface area contributed by atoms with E-state index in [0.29, 0.717) is 41.4 Å². The number of anilines is 1. The number of nitrogens with one attached hydrogen (secondary N) is 1. The van der Waals surface area contributed by atoms with Crippen molar-refractivity contribution in [1.29, 1.82) is 0 Å². The average Bonchev–Trinajstić information content (AvgIpc) is 3.47. The second-order valence-electron chi connectivity index (χ2n) is 9.79. The predicted octanol–water partition coefficient (Wildman–Crippen LogP) is 2.66. The van der Waals surface area contributed by atoms with Crippen LogP contribution in [0.1, 0.15) is 46.3 Å². The molecule has 2 heterocycles. The van der Waals surface area contributed by atoms with E-state index < -0.39 is 0 Å². The van der Waals surface area contributed by atoms with Gasteiger partial charge in [-0.3, -0.25) is 9.59 Å². The molecule has 37 heavy (non-hydrogen) atoms. The molecule has 1 aliphatic heterocycles. The molecule has 2 aromatic carbocycles. The number of benzene rings is 2. The molecule has 1 saturated carbocycles. The summed E-state index contributed by atoms with van der Waals surface area (Å²) in [5.41, 5.74) is 16.8. The Morgan fingerprint density at radius 1 is 1.16 bits per heavy atom. The molecule has 1 unspecified atom stereocenters. The molecule has 2 aliphatic rings. The summed E-state index contributed by atoms with van der Waals surface area (Å²) in [5.74, 6) is 0.805. The highest BCUT2D eigenvalue weighted by atomic mass is 16.5. The molecule has 0 spiro atoms. The highest BCUT2D eigenvalue weighted by Crippen LogP contribution is 2.31. The van der Waals surface area contributed by atoms with Gasteiger partial charge >= 0.3 is 0 Å². The first kappa shape index (κ1) is 24.6. The summed E-state index contributed by atoms with van der Waals surface area (Å²) in [6.45, 7) is 7.37. The molecule has 2 amide bonds. The van der Waals surface area contributed by atoms with Crippen molar-refractivity contribution >= 4 is 23.2 Å². The van der Waals surface area contributed by atoms with Gasteiger partial charge in [0.1, 0.15) is 11.6 Å². The number of carbonyl (C=O) groups is 2. The third kappa shape index (κ3) is 5.36. The van der Waals surface area contributed by atoms with Crippen LogP contribution in [0, 0.1) is 6.92 Å². The van der Waals surface area contributed by atoms with Crippen molar-refractivity contribution in [3.63, 3.8) is 0 Å². The Bertz CT molecular complexity index is 1360. The molecular weight excluding hydrogens is 468 g/mol. The molecule has 9 heteroatoms. The highest BCUT2D eigenvalue weighted by molar-refractivity contribution is 5.95. The number of likely N-dealkylation sites (tertiary alicyclic amines) is 1. The molecule has 2 fully saturated rings. The van der Waals surface area contributed by atoms with E-state index in [9.17, 15) is 9.59 Å². The van der Waals surface area contributed by atoms with Gasteiger partial charge in [-0.05, 0) is 67.2 Å². The van der Waals surface area contributed by atoms with Gasteiger partial charge in [-0.25, -0.2) is 4.68 Å². The Balaban J connectivity index is 1.31. The van der Waals surface area contributed by atoms with Crippen molar-refractivity contribution in [2.75, 3.05) is 25.4 Å². The van der Waals surface area contributed by atoms with Gasteiger partial charge in [0, 0.05) is 36.3 Å². The minimum absolute atomic E-state index is 0.0353. The van der Waals surface area contributed by atoms with Crippen molar-refractivity contribution in [2.45, 2.75) is 38.3 Å². The Morgan fingerprint density at radius 3 is 2.70 bits per heavy atom. The van der Waals surface area contributed by atoms with E-state index in [-0.39, 0.29) is 30.5 Å². The molecule has 5 rings (SSSR count). The van der Waals surface area contributed by atoms with Gasteiger partial charge in [0.05, 0.1) is 11.9 Å². The van der Waals surface area contributed by atoms with Crippen LogP contribution in [0.15, 0.2) is 55.2 Å². The van der Waals surface area contributed by atoms with Crippen LogP contribution in [0.4, 0.5) is 5.82 Å². The summed E-state index contributed by atoms with van der Waals surface area (Å²) in [6, 6.07) is 13.2. The first-order chi connectivity index (χ1) is 17.8. The molecule has 1 atom stereocenters. The summed E-state index contributed by atoms with van der Waals surface area (Å²) in [5, 5.41) is 7.52. The fraction of sp³-hybridized carbons (Fsp3) is 0.321. The SMILES string of the molecule is C=C(c1cccc(OCC(=O)N2CCC(N)C2)c1)c1cnn(-c2cc(C(=O)NC3CC3)ccc2C)c1N. The van der Waals surface area contributed by atoms with Crippen molar-refractivity contribution in [1.82, 2.24) is 20.0 Å². The number of amides is 2. The Kier molecular flexibility index (Phi) is 6.71. The van der Waals surface area contributed by atoms with Crippen LogP contribution >= 0.6 is 0 Å². The normalized spacial score (nSPS) is 17.0. The van der Waals surface area contributed by atoms with Crippen molar-refractivity contribution in [3.05, 3.63) is 77.5 Å². The van der Waals surface area contributed by atoms with Crippen LogP contribution in [0.25, 0.3) is 11.3 Å². The largest absolute Gasteiger partial charge is 0.484 e. The van der Waals surface area contributed by atoms with E-state index in [1.807, 2.05) is 43.3 Å². The number of hydrogen-bond acceptors (Lipinski definition) is 6. The highest BCUT2D eigenvalue weighted by Gasteiger charge is 2.25. The van der Waals surface area contributed by atoms with Crippen LogP contribution in [0.2, 0.25) is 0 Å². The van der Waals surface area contributed by atoms with Crippen molar-refractivity contribution in [3.8, 4) is 11.4 Å². The number of carbonyl (C=O) groups excluding carboxylic acids is 2. The smallest absolute Gasteiger partial charge is 0.260 e. The number of hydrogen-bond donors (Lipinski definition) is 3. The molecule has 3 aromatic rings. The zero-order chi connectivity index (χ0) is 26.1. The first-order valence-corrected chi connectivity index (χ1v) is 12.5. The van der Waals surface area contributed by atoms with Gasteiger partial charge in [-0.1, -0.05) is 24.8 Å². The monoisotopic (exact) mass is 500 g/mol. The third-order valence-corrected chi connectivity index (χ3v) is 6.87. The number of rotatable bonds is 8. The predicted molar refractivity (Wildman–Crippen MR) is 142 cm³/mol. The Morgan fingerprint density at radius 2 is 1.97 bits per heavy atom. The molecule has 1 aliphatic carbocycles. The molecule has 0 bridgehead atoms. The summed E-state index contributed by atoms with van der Waals surface area (Å²) in [7, 11) is 0. The van der Waals surface area contributed by atoms with Crippen molar-refractivity contribution < 1.29 is 14.3 Å². The third-order valence-electron chi connectivity index (χ3n) is 6.87. The zero-order valence-corrected chi connectivity index (χ0v) is 20.9. The maximum atomic E-state index is 12.6. The fourth-order valence-electron chi connectivity index (χ4n) is 4.44. The number of nitrogens with zero attached hydrogens (tertiary/aromatic N) is 3. The van der Waals surface area contributed by atoms with E-state index in [1.54, 1.807) is 21.8 Å². The average molecular weight is 501 g/mol. The number of nitrogen functional groups attached to an aromatic ring is 1. The lowest BCUT2D eigenvalue weighted by atomic mass is 10.0.